The molecule has 1 amide bonds. The third-order valence-corrected chi connectivity index (χ3v) is 4.26. The Labute approximate surface area is 127 Å². The second-order valence-corrected chi connectivity index (χ2v) is 5.78. The van der Waals surface area contributed by atoms with Crippen molar-refractivity contribution >= 4 is 28.5 Å². The maximum atomic E-state index is 12.2. The van der Waals surface area contributed by atoms with Crippen molar-refractivity contribution in [3.63, 3.8) is 0 Å². The average molecular weight is 303 g/mol. The second-order valence-electron chi connectivity index (χ2n) is 4.91. The lowest BCUT2D eigenvalue weighted by Gasteiger charge is -2.34. The maximum absolute atomic E-state index is 12.2. The van der Waals surface area contributed by atoms with Crippen molar-refractivity contribution < 1.29 is 4.79 Å². The molecule has 0 bridgehead atoms. The van der Waals surface area contributed by atoms with E-state index in [2.05, 4.69) is 15.0 Å². The lowest BCUT2D eigenvalue weighted by atomic mass is 10.3. The van der Waals surface area contributed by atoms with Crippen LogP contribution in [0.2, 0.25) is 0 Å². The largest absolute Gasteiger partial charge is 0.345 e. The smallest absolute Gasteiger partial charge is 0.246 e. The first-order valence-corrected chi connectivity index (χ1v) is 7.70. The second kappa shape index (κ2) is 6.09. The van der Waals surface area contributed by atoms with Gasteiger partial charge in [-0.2, -0.15) is 5.10 Å². The number of piperazine rings is 1. The van der Waals surface area contributed by atoms with Crippen LogP contribution in [-0.4, -0.2) is 51.8 Å². The van der Waals surface area contributed by atoms with Gasteiger partial charge in [0.05, 0.1) is 6.20 Å². The summed E-state index contributed by atoms with van der Waals surface area (Å²) in [6.45, 7) is 3.13. The Morgan fingerprint density at radius 3 is 2.76 bits per heavy atom. The van der Waals surface area contributed by atoms with E-state index in [1.807, 2.05) is 35.8 Å². The molecule has 2 aromatic rings. The number of aryl methyl sites for hydroxylation is 1. The van der Waals surface area contributed by atoms with E-state index in [4.69, 9.17) is 0 Å². The van der Waals surface area contributed by atoms with Gasteiger partial charge in [-0.3, -0.25) is 9.48 Å². The maximum Gasteiger partial charge on any atom is 0.246 e. The summed E-state index contributed by atoms with van der Waals surface area (Å²) in [7, 11) is 1.86. The summed E-state index contributed by atoms with van der Waals surface area (Å²) in [4.78, 5) is 20.6. The minimum Gasteiger partial charge on any atom is -0.345 e. The van der Waals surface area contributed by atoms with Gasteiger partial charge in [-0.25, -0.2) is 4.98 Å². The first kappa shape index (κ1) is 13.8. The molecular formula is C14H17N5OS. The Morgan fingerprint density at radius 2 is 2.14 bits per heavy atom. The molecule has 3 rings (SSSR count). The predicted octanol–water partition coefficient (Wildman–Crippen LogP) is 1.24. The van der Waals surface area contributed by atoms with Gasteiger partial charge in [-0.1, -0.05) is 0 Å². The number of anilines is 1. The Bertz CT molecular complexity index is 626. The quantitative estimate of drug-likeness (QED) is 0.801. The molecule has 0 aliphatic carbocycles. The molecule has 0 aromatic carbocycles. The molecule has 7 heteroatoms. The van der Waals surface area contributed by atoms with Crippen molar-refractivity contribution in [3.8, 4) is 0 Å². The normalized spacial score (nSPS) is 15.9. The van der Waals surface area contributed by atoms with Crippen molar-refractivity contribution in [1.82, 2.24) is 19.7 Å². The number of nitrogens with zero attached hydrogens (tertiary/aromatic N) is 5. The van der Waals surface area contributed by atoms with Gasteiger partial charge in [0.2, 0.25) is 5.91 Å². The summed E-state index contributed by atoms with van der Waals surface area (Å²) in [5.41, 5.74) is 0.937. The molecule has 21 heavy (non-hydrogen) atoms. The van der Waals surface area contributed by atoms with E-state index in [0.29, 0.717) is 0 Å². The molecule has 0 atom stereocenters. The topological polar surface area (TPSA) is 54.3 Å². The van der Waals surface area contributed by atoms with Crippen LogP contribution in [0.15, 0.2) is 30.0 Å². The number of aromatic nitrogens is 3. The number of hydrogen-bond acceptors (Lipinski definition) is 5. The van der Waals surface area contributed by atoms with Gasteiger partial charge in [-0.15, -0.1) is 11.3 Å². The number of thiazole rings is 1. The molecule has 3 heterocycles. The fourth-order valence-electron chi connectivity index (χ4n) is 2.29. The fourth-order valence-corrected chi connectivity index (χ4v) is 2.99. The molecule has 1 aliphatic heterocycles. The van der Waals surface area contributed by atoms with Crippen LogP contribution in [0.1, 0.15) is 5.56 Å². The highest BCUT2D eigenvalue weighted by Crippen LogP contribution is 2.18. The van der Waals surface area contributed by atoms with Gasteiger partial charge in [0.25, 0.3) is 0 Å². The van der Waals surface area contributed by atoms with Crippen LogP contribution < -0.4 is 4.90 Å². The van der Waals surface area contributed by atoms with E-state index in [1.165, 1.54) is 0 Å². The monoisotopic (exact) mass is 303 g/mol. The lowest BCUT2D eigenvalue weighted by Crippen LogP contribution is -2.48. The van der Waals surface area contributed by atoms with E-state index in [1.54, 1.807) is 28.3 Å². The van der Waals surface area contributed by atoms with Gasteiger partial charge in [0.1, 0.15) is 0 Å². The van der Waals surface area contributed by atoms with Crippen molar-refractivity contribution in [2.24, 2.45) is 7.05 Å². The van der Waals surface area contributed by atoms with Crippen molar-refractivity contribution in [2.45, 2.75) is 0 Å². The zero-order valence-corrected chi connectivity index (χ0v) is 12.7. The highest BCUT2D eigenvalue weighted by Gasteiger charge is 2.20. The van der Waals surface area contributed by atoms with E-state index in [0.717, 1.165) is 36.9 Å². The summed E-state index contributed by atoms with van der Waals surface area (Å²) < 4.78 is 1.72. The third kappa shape index (κ3) is 3.30. The van der Waals surface area contributed by atoms with Crippen LogP contribution in [-0.2, 0) is 11.8 Å². The van der Waals surface area contributed by atoms with Gasteiger partial charge in [0.15, 0.2) is 5.13 Å². The van der Waals surface area contributed by atoms with E-state index in [9.17, 15) is 4.79 Å². The van der Waals surface area contributed by atoms with Crippen LogP contribution in [0.3, 0.4) is 0 Å². The Morgan fingerprint density at radius 1 is 1.33 bits per heavy atom. The van der Waals surface area contributed by atoms with Gasteiger partial charge in [0, 0.05) is 62.6 Å². The van der Waals surface area contributed by atoms with Gasteiger partial charge >= 0.3 is 0 Å². The Hall–Kier alpha value is -2.15. The molecule has 110 valence electrons. The molecular weight excluding hydrogens is 286 g/mol. The summed E-state index contributed by atoms with van der Waals surface area (Å²) in [5, 5.41) is 7.08. The van der Waals surface area contributed by atoms with Crippen LogP contribution >= 0.6 is 11.3 Å². The van der Waals surface area contributed by atoms with Crippen LogP contribution in [0, 0.1) is 0 Å². The summed E-state index contributed by atoms with van der Waals surface area (Å²) >= 11 is 1.64. The van der Waals surface area contributed by atoms with E-state index >= 15 is 0 Å². The molecule has 1 aliphatic rings. The van der Waals surface area contributed by atoms with Crippen LogP contribution in [0.25, 0.3) is 6.08 Å². The first-order valence-electron chi connectivity index (χ1n) is 6.82. The SMILES string of the molecule is Cn1cc(/C=C/C(=O)N2CCN(c3nccs3)CC2)cn1. The number of amides is 1. The molecule has 0 N–H and O–H groups in total. The highest BCUT2D eigenvalue weighted by molar-refractivity contribution is 7.13. The predicted molar refractivity (Wildman–Crippen MR) is 83.1 cm³/mol. The molecule has 0 unspecified atom stereocenters. The molecule has 2 aromatic heterocycles. The third-order valence-electron chi connectivity index (χ3n) is 3.42. The first-order chi connectivity index (χ1) is 10.2. The van der Waals surface area contributed by atoms with Gasteiger partial charge < -0.3 is 9.80 Å². The van der Waals surface area contributed by atoms with E-state index in [-0.39, 0.29) is 5.91 Å². The minimum atomic E-state index is 0.0534. The molecule has 0 radical (unpaired) electrons. The summed E-state index contributed by atoms with van der Waals surface area (Å²) in [5.74, 6) is 0.0534. The van der Waals surface area contributed by atoms with Crippen molar-refractivity contribution in [3.05, 3.63) is 35.6 Å². The number of carbonyl (C=O) groups is 1. The van der Waals surface area contributed by atoms with Crippen molar-refractivity contribution in [1.29, 1.82) is 0 Å². The molecule has 6 nitrogen and oxygen atoms in total. The van der Waals surface area contributed by atoms with E-state index < -0.39 is 0 Å². The number of carbonyl (C=O) groups excluding carboxylic acids is 1. The minimum absolute atomic E-state index is 0.0534. The van der Waals surface area contributed by atoms with Gasteiger partial charge in [-0.05, 0) is 6.08 Å². The standard InChI is InChI=1S/C14H17N5OS/c1-17-11-12(10-16-17)2-3-13(20)18-5-7-19(8-6-18)14-15-4-9-21-14/h2-4,9-11H,5-8H2,1H3/b3-2+. The summed E-state index contributed by atoms with van der Waals surface area (Å²) in [6, 6.07) is 0. The highest BCUT2D eigenvalue weighted by atomic mass is 32.1. The molecule has 1 saturated heterocycles. The Kier molecular flexibility index (Phi) is 4.01. The van der Waals surface area contributed by atoms with Crippen molar-refractivity contribution in [2.75, 3.05) is 31.1 Å². The zero-order valence-electron chi connectivity index (χ0n) is 11.8. The summed E-state index contributed by atoms with van der Waals surface area (Å²) in [6.07, 6.45) is 8.86. The zero-order chi connectivity index (χ0) is 14.7. The number of rotatable bonds is 3. The lowest BCUT2D eigenvalue weighted by molar-refractivity contribution is -0.126. The number of hydrogen-bond donors (Lipinski definition) is 0. The molecule has 0 spiro atoms. The van der Waals surface area contributed by atoms with Crippen LogP contribution in [0.4, 0.5) is 5.13 Å². The molecule has 0 saturated carbocycles. The average Bonchev–Trinajstić information content (AvgIpc) is 3.16. The molecule has 1 fully saturated rings. The van der Waals surface area contributed by atoms with Crippen LogP contribution in [0.5, 0.6) is 0 Å². The fraction of sp³-hybridized carbons (Fsp3) is 0.357. The Balaban J connectivity index is 1.54.